The summed E-state index contributed by atoms with van der Waals surface area (Å²) in [7, 11) is 0. The van der Waals surface area contributed by atoms with E-state index in [1.54, 1.807) is 6.07 Å². The summed E-state index contributed by atoms with van der Waals surface area (Å²) < 4.78 is 6.21. The minimum absolute atomic E-state index is 0.465. The molecule has 0 saturated heterocycles. The van der Waals surface area contributed by atoms with Crippen molar-refractivity contribution in [3.8, 4) is 11.4 Å². The van der Waals surface area contributed by atoms with Crippen LogP contribution in [0, 0.1) is 0 Å². The second-order valence-electron chi connectivity index (χ2n) is 5.27. The van der Waals surface area contributed by atoms with Crippen LogP contribution in [-0.4, -0.2) is 10.1 Å². The largest absolute Gasteiger partial charge is 0.337 e. The minimum Gasteiger partial charge on any atom is -0.337 e. The smallest absolute Gasteiger partial charge is 0.247 e. The van der Waals surface area contributed by atoms with E-state index in [0.29, 0.717) is 16.7 Å². The van der Waals surface area contributed by atoms with Crippen molar-refractivity contribution in [2.75, 3.05) is 0 Å². The lowest BCUT2D eigenvalue weighted by Gasteiger charge is -2.29. The molecule has 106 valence electrons. The maximum absolute atomic E-state index is 6.40. The van der Waals surface area contributed by atoms with E-state index in [4.69, 9.17) is 21.9 Å². The van der Waals surface area contributed by atoms with Gasteiger partial charge in [-0.25, -0.2) is 0 Å². The zero-order chi connectivity index (χ0) is 14.2. The molecule has 6 heteroatoms. The number of aromatic nitrogens is 2. The fraction of sp³-hybridized carbons (Fsp3) is 0.429. The first kappa shape index (κ1) is 14.0. The first-order valence-corrected chi connectivity index (χ1v) is 7.84. The Labute approximate surface area is 130 Å². The van der Waals surface area contributed by atoms with Gasteiger partial charge in [0.05, 0.1) is 10.6 Å². The average molecular weight is 357 g/mol. The number of nitrogens with zero attached hydrogens (tertiary/aromatic N) is 2. The van der Waals surface area contributed by atoms with E-state index in [1.807, 2.05) is 12.1 Å². The van der Waals surface area contributed by atoms with Crippen molar-refractivity contribution >= 4 is 27.5 Å². The predicted molar refractivity (Wildman–Crippen MR) is 81.4 cm³/mol. The van der Waals surface area contributed by atoms with Crippen LogP contribution in [0.1, 0.15) is 38.0 Å². The Hall–Kier alpha value is -0.910. The van der Waals surface area contributed by atoms with Gasteiger partial charge >= 0.3 is 0 Å². The molecular formula is C14H15BrClN3O. The van der Waals surface area contributed by atoms with E-state index in [2.05, 4.69) is 26.1 Å². The number of rotatable bonds is 2. The topological polar surface area (TPSA) is 64.9 Å². The van der Waals surface area contributed by atoms with Gasteiger partial charge in [-0.3, -0.25) is 0 Å². The highest BCUT2D eigenvalue weighted by Gasteiger charge is 2.35. The molecule has 0 unspecified atom stereocenters. The molecule has 1 fully saturated rings. The Morgan fingerprint density at radius 2 is 2.00 bits per heavy atom. The van der Waals surface area contributed by atoms with Crippen LogP contribution in [0.25, 0.3) is 11.4 Å². The van der Waals surface area contributed by atoms with E-state index in [9.17, 15) is 0 Å². The molecule has 0 aliphatic heterocycles. The zero-order valence-electron chi connectivity index (χ0n) is 10.9. The molecule has 1 aliphatic carbocycles. The van der Waals surface area contributed by atoms with Crippen LogP contribution in [0.2, 0.25) is 5.02 Å². The highest BCUT2D eigenvalue weighted by Crippen LogP contribution is 2.35. The molecule has 0 amide bonds. The van der Waals surface area contributed by atoms with Crippen LogP contribution in [-0.2, 0) is 5.54 Å². The maximum Gasteiger partial charge on any atom is 0.247 e. The highest BCUT2D eigenvalue weighted by atomic mass is 79.9. The molecule has 0 atom stereocenters. The van der Waals surface area contributed by atoms with Gasteiger partial charge in [0.1, 0.15) is 0 Å². The summed E-state index contributed by atoms with van der Waals surface area (Å²) in [6, 6.07) is 5.54. The Morgan fingerprint density at radius 3 is 2.70 bits per heavy atom. The summed E-state index contributed by atoms with van der Waals surface area (Å²) >= 11 is 9.38. The van der Waals surface area contributed by atoms with Gasteiger partial charge in [-0.15, -0.1) is 0 Å². The molecule has 1 aromatic heterocycles. The standard InChI is InChI=1S/C14H15BrClN3O/c15-10-8-9(4-5-11(10)16)12-18-13(20-19-12)14(17)6-2-1-3-7-14/h4-5,8H,1-3,6-7,17H2. The van der Waals surface area contributed by atoms with Crippen molar-refractivity contribution in [2.45, 2.75) is 37.6 Å². The van der Waals surface area contributed by atoms with Crippen LogP contribution in [0.15, 0.2) is 27.2 Å². The van der Waals surface area contributed by atoms with Gasteiger partial charge in [-0.05, 0) is 47.0 Å². The van der Waals surface area contributed by atoms with Crippen molar-refractivity contribution in [1.82, 2.24) is 10.1 Å². The van der Waals surface area contributed by atoms with E-state index >= 15 is 0 Å². The summed E-state index contributed by atoms with van der Waals surface area (Å²) in [6.07, 6.45) is 5.25. The summed E-state index contributed by atoms with van der Waals surface area (Å²) in [5, 5.41) is 4.70. The normalized spacial score (nSPS) is 18.1. The van der Waals surface area contributed by atoms with Crippen LogP contribution in [0.4, 0.5) is 0 Å². The van der Waals surface area contributed by atoms with Gasteiger partial charge in [0.2, 0.25) is 11.7 Å². The number of hydrogen-bond acceptors (Lipinski definition) is 4. The second kappa shape index (κ2) is 5.47. The number of benzene rings is 1. The average Bonchev–Trinajstić information content (AvgIpc) is 2.93. The van der Waals surface area contributed by atoms with Gasteiger partial charge in [0, 0.05) is 10.0 Å². The van der Waals surface area contributed by atoms with Crippen molar-refractivity contribution in [3.05, 3.63) is 33.6 Å². The number of hydrogen-bond donors (Lipinski definition) is 1. The Balaban J connectivity index is 1.91. The van der Waals surface area contributed by atoms with Gasteiger partial charge in [-0.2, -0.15) is 4.98 Å². The monoisotopic (exact) mass is 355 g/mol. The first-order chi connectivity index (χ1) is 9.58. The van der Waals surface area contributed by atoms with E-state index in [0.717, 1.165) is 35.7 Å². The third-order valence-corrected chi connectivity index (χ3v) is 4.99. The fourth-order valence-corrected chi connectivity index (χ4v) is 3.07. The Kier molecular flexibility index (Phi) is 3.84. The molecule has 2 N–H and O–H groups in total. The first-order valence-electron chi connectivity index (χ1n) is 6.67. The predicted octanol–water partition coefficient (Wildman–Crippen LogP) is 4.27. The summed E-state index contributed by atoms with van der Waals surface area (Å²) in [5.74, 6) is 1.09. The molecule has 1 aromatic carbocycles. The SMILES string of the molecule is NC1(c2nc(-c3ccc(Cl)c(Br)c3)no2)CCCCC1. The number of halogens is 2. The van der Waals surface area contributed by atoms with Crippen molar-refractivity contribution in [1.29, 1.82) is 0 Å². The lowest BCUT2D eigenvalue weighted by Crippen LogP contribution is -2.38. The quantitative estimate of drug-likeness (QED) is 0.872. The fourth-order valence-electron chi connectivity index (χ4n) is 2.57. The third-order valence-electron chi connectivity index (χ3n) is 3.78. The van der Waals surface area contributed by atoms with Crippen LogP contribution in [0.5, 0.6) is 0 Å². The molecule has 2 aromatic rings. The molecule has 1 aliphatic rings. The molecule has 0 spiro atoms. The molecule has 0 radical (unpaired) electrons. The van der Waals surface area contributed by atoms with Gasteiger partial charge in [0.25, 0.3) is 0 Å². The van der Waals surface area contributed by atoms with E-state index < -0.39 is 5.54 Å². The van der Waals surface area contributed by atoms with Crippen molar-refractivity contribution in [2.24, 2.45) is 5.73 Å². The Morgan fingerprint density at radius 1 is 1.25 bits per heavy atom. The number of nitrogens with two attached hydrogens (primary N) is 1. The minimum atomic E-state index is -0.465. The summed E-state index contributed by atoms with van der Waals surface area (Å²) in [6.45, 7) is 0. The molecule has 0 bridgehead atoms. The Bertz CT molecular complexity index is 623. The third kappa shape index (κ3) is 2.62. The van der Waals surface area contributed by atoms with Crippen LogP contribution < -0.4 is 5.73 Å². The van der Waals surface area contributed by atoms with Gasteiger partial charge < -0.3 is 10.3 Å². The van der Waals surface area contributed by atoms with Gasteiger partial charge in [-0.1, -0.05) is 36.0 Å². The maximum atomic E-state index is 6.40. The zero-order valence-corrected chi connectivity index (χ0v) is 13.2. The van der Waals surface area contributed by atoms with E-state index in [-0.39, 0.29) is 0 Å². The van der Waals surface area contributed by atoms with Crippen molar-refractivity contribution in [3.63, 3.8) is 0 Å². The van der Waals surface area contributed by atoms with Gasteiger partial charge in [0.15, 0.2) is 0 Å². The second-order valence-corrected chi connectivity index (χ2v) is 6.53. The molecule has 3 rings (SSSR count). The lowest BCUT2D eigenvalue weighted by molar-refractivity contribution is 0.220. The van der Waals surface area contributed by atoms with E-state index in [1.165, 1.54) is 6.42 Å². The highest BCUT2D eigenvalue weighted by molar-refractivity contribution is 9.10. The molecule has 20 heavy (non-hydrogen) atoms. The van der Waals surface area contributed by atoms with Crippen LogP contribution in [0.3, 0.4) is 0 Å². The molecule has 1 heterocycles. The summed E-state index contributed by atoms with van der Waals surface area (Å²) in [4.78, 5) is 4.48. The molecule has 4 nitrogen and oxygen atoms in total. The lowest BCUT2D eigenvalue weighted by atomic mass is 9.82. The summed E-state index contributed by atoms with van der Waals surface area (Å²) in [5.41, 5.74) is 6.79. The molecular weight excluding hydrogens is 342 g/mol. The van der Waals surface area contributed by atoms with Crippen LogP contribution >= 0.6 is 27.5 Å². The van der Waals surface area contributed by atoms with Crippen molar-refractivity contribution < 1.29 is 4.52 Å². The molecule has 1 saturated carbocycles.